The fraction of sp³-hybridized carbons (Fsp3) is 0.857. The minimum absolute atomic E-state index is 0.0814. The predicted molar refractivity (Wildman–Crippen MR) is 75.6 cm³/mol. The number of carboxylic acids is 1. The summed E-state index contributed by atoms with van der Waals surface area (Å²) in [6.45, 7) is 9.16. The molecule has 1 heterocycles. The number of aliphatic carboxylic acids is 1. The summed E-state index contributed by atoms with van der Waals surface area (Å²) in [5, 5.41) is 9.18. The number of carbonyl (C=O) groups excluding carboxylic acids is 1. The Morgan fingerprint density at radius 3 is 2.30 bits per heavy atom. The first-order valence-corrected chi connectivity index (χ1v) is 7.09. The molecular weight excluding hydrogens is 260 g/mol. The Hall–Kier alpha value is -1.30. The highest BCUT2D eigenvalue weighted by atomic mass is 16.5. The third-order valence-corrected chi connectivity index (χ3v) is 3.60. The molecule has 0 aliphatic carbocycles. The molecule has 1 N–H and O–H groups in total. The Balaban J connectivity index is 2.80. The lowest BCUT2D eigenvalue weighted by atomic mass is 10.0. The minimum atomic E-state index is -0.910. The molecule has 0 radical (unpaired) electrons. The second kappa shape index (κ2) is 6.92. The number of ether oxygens (including phenoxy) is 1. The number of urea groups is 1. The van der Waals surface area contributed by atoms with Gasteiger partial charge in [0.05, 0.1) is 19.3 Å². The zero-order chi connectivity index (χ0) is 15.4. The van der Waals surface area contributed by atoms with Gasteiger partial charge >= 0.3 is 12.0 Å². The van der Waals surface area contributed by atoms with Crippen LogP contribution in [0.4, 0.5) is 4.79 Å². The first-order chi connectivity index (χ1) is 9.25. The Kier molecular flexibility index (Phi) is 5.80. The second-order valence-corrected chi connectivity index (χ2v) is 6.08. The molecule has 2 unspecified atom stereocenters. The molecule has 1 saturated heterocycles. The molecule has 0 aromatic heterocycles. The van der Waals surface area contributed by atoms with Crippen LogP contribution in [0, 0.1) is 11.8 Å². The van der Waals surface area contributed by atoms with Crippen molar-refractivity contribution in [2.24, 2.45) is 11.8 Å². The van der Waals surface area contributed by atoms with E-state index in [0.29, 0.717) is 12.5 Å². The van der Waals surface area contributed by atoms with Gasteiger partial charge in [-0.2, -0.15) is 0 Å². The van der Waals surface area contributed by atoms with Gasteiger partial charge in [0, 0.05) is 19.6 Å². The maximum Gasteiger partial charge on any atom is 0.320 e. The molecule has 0 spiro atoms. The second-order valence-electron chi connectivity index (χ2n) is 6.08. The summed E-state index contributed by atoms with van der Waals surface area (Å²) in [6.07, 6.45) is 0. The van der Waals surface area contributed by atoms with Gasteiger partial charge in [-0.25, -0.2) is 4.79 Å². The van der Waals surface area contributed by atoms with E-state index in [9.17, 15) is 14.7 Å². The normalized spacial score (nSPS) is 22.4. The summed E-state index contributed by atoms with van der Waals surface area (Å²) >= 11 is 0. The molecule has 0 aromatic rings. The number of hydrogen-bond acceptors (Lipinski definition) is 3. The van der Waals surface area contributed by atoms with E-state index in [1.807, 2.05) is 13.8 Å². The summed E-state index contributed by atoms with van der Waals surface area (Å²) in [5.74, 6) is -1.19. The number of amides is 2. The van der Waals surface area contributed by atoms with Crippen molar-refractivity contribution in [3.05, 3.63) is 0 Å². The van der Waals surface area contributed by atoms with Gasteiger partial charge in [0.2, 0.25) is 0 Å². The van der Waals surface area contributed by atoms with Crippen LogP contribution in [0.1, 0.15) is 27.7 Å². The molecule has 0 bridgehead atoms. The summed E-state index contributed by atoms with van der Waals surface area (Å²) in [5.41, 5.74) is 0. The fourth-order valence-corrected chi connectivity index (χ4v) is 2.41. The van der Waals surface area contributed by atoms with E-state index in [0.717, 1.165) is 0 Å². The fourth-order valence-electron chi connectivity index (χ4n) is 2.41. The summed E-state index contributed by atoms with van der Waals surface area (Å²) in [6, 6.07) is -0.443. The average Bonchev–Trinajstić information content (AvgIpc) is 2.82. The number of nitrogens with zero attached hydrogens (tertiary/aromatic N) is 2. The molecule has 0 saturated carbocycles. The summed E-state index contributed by atoms with van der Waals surface area (Å²) < 4.78 is 5.23. The topological polar surface area (TPSA) is 70.1 Å². The molecule has 1 aliphatic heterocycles. The molecule has 1 rings (SSSR count). The maximum atomic E-state index is 12.6. The molecule has 116 valence electrons. The number of likely N-dealkylation sites (N-methyl/N-ethyl adjacent to an activating group) is 1. The van der Waals surface area contributed by atoms with E-state index in [4.69, 9.17) is 4.74 Å². The maximum absolute atomic E-state index is 12.6. The van der Waals surface area contributed by atoms with Gasteiger partial charge in [0.25, 0.3) is 0 Å². The molecule has 2 amide bonds. The lowest BCUT2D eigenvalue weighted by molar-refractivity contribution is -0.142. The van der Waals surface area contributed by atoms with Crippen LogP contribution in [0.25, 0.3) is 0 Å². The van der Waals surface area contributed by atoms with E-state index in [1.165, 1.54) is 4.90 Å². The van der Waals surface area contributed by atoms with E-state index in [1.54, 1.807) is 11.9 Å². The first kappa shape index (κ1) is 16.8. The third-order valence-electron chi connectivity index (χ3n) is 3.60. The standard InChI is InChI=1S/C14H26N2O4/c1-9(2)6-16(10(3)4)14(19)15(5)12-8-20-7-11(12)13(17)18/h9-12H,6-8H2,1-5H3,(H,17,18). The molecule has 2 atom stereocenters. The van der Waals surface area contributed by atoms with Crippen molar-refractivity contribution < 1.29 is 19.4 Å². The first-order valence-electron chi connectivity index (χ1n) is 7.09. The van der Waals surface area contributed by atoms with Gasteiger partial charge in [-0.1, -0.05) is 13.8 Å². The van der Waals surface area contributed by atoms with Crippen LogP contribution in [0.2, 0.25) is 0 Å². The number of rotatable bonds is 5. The Labute approximate surface area is 120 Å². The average molecular weight is 286 g/mol. The lowest BCUT2D eigenvalue weighted by Gasteiger charge is -2.35. The van der Waals surface area contributed by atoms with E-state index >= 15 is 0 Å². The van der Waals surface area contributed by atoms with E-state index < -0.39 is 17.9 Å². The van der Waals surface area contributed by atoms with E-state index in [2.05, 4.69) is 13.8 Å². The van der Waals surface area contributed by atoms with Crippen LogP contribution in [-0.2, 0) is 9.53 Å². The molecule has 0 aromatic carbocycles. The van der Waals surface area contributed by atoms with Crippen molar-refractivity contribution in [2.75, 3.05) is 26.8 Å². The number of carbonyl (C=O) groups is 2. The molecule has 6 heteroatoms. The molecular formula is C14H26N2O4. The largest absolute Gasteiger partial charge is 0.481 e. The van der Waals surface area contributed by atoms with Crippen molar-refractivity contribution >= 4 is 12.0 Å². The Bertz CT molecular complexity index is 357. The Morgan fingerprint density at radius 2 is 1.85 bits per heavy atom. The van der Waals surface area contributed by atoms with Crippen LogP contribution in [0.5, 0.6) is 0 Å². The zero-order valence-electron chi connectivity index (χ0n) is 13.0. The van der Waals surface area contributed by atoms with Crippen LogP contribution >= 0.6 is 0 Å². The SMILES string of the molecule is CC(C)CN(C(=O)N(C)C1COCC1C(=O)O)C(C)C. The smallest absolute Gasteiger partial charge is 0.320 e. The third kappa shape index (κ3) is 3.85. The molecule has 20 heavy (non-hydrogen) atoms. The van der Waals surface area contributed by atoms with Gasteiger partial charge in [-0.05, 0) is 19.8 Å². The Morgan fingerprint density at radius 1 is 1.25 bits per heavy atom. The van der Waals surface area contributed by atoms with Crippen LogP contribution < -0.4 is 0 Å². The zero-order valence-corrected chi connectivity index (χ0v) is 13.0. The molecule has 6 nitrogen and oxygen atoms in total. The summed E-state index contributed by atoms with van der Waals surface area (Å²) in [4.78, 5) is 27.1. The van der Waals surface area contributed by atoms with Gasteiger partial charge in [0.1, 0.15) is 5.92 Å². The van der Waals surface area contributed by atoms with Crippen LogP contribution in [0.3, 0.4) is 0 Å². The van der Waals surface area contributed by atoms with Crippen molar-refractivity contribution in [3.63, 3.8) is 0 Å². The molecule has 1 aliphatic rings. The van der Waals surface area contributed by atoms with Crippen molar-refractivity contribution in [1.29, 1.82) is 0 Å². The number of hydrogen-bond donors (Lipinski definition) is 1. The van der Waals surface area contributed by atoms with Crippen molar-refractivity contribution in [2.45, 2.75) is 39.8 Å². The van der Waals surface area contributed by atoms with E-state index in [-0.39, 0.29) is 25.3 Å². The van der Waals surface area contributed by atoms with Gasteiger partial charge < -0.3 is 19.6 Å². The van der Waals surface area contributed by atoms with Gasteiger partial charge in [-0.3, -0.25) is 4.79 Å². The minimum Gasteiger partial charge on any atom is -0.481 e. The highest BCUT2D eigenvalue weighted by molar-refractivity contribution is 5.77. The van der Waals surface area contributed by atoms with Crippen LogP contribution in [0.15, 0.2) is 0 Å². The van der Waals surface area contributed by atoms with Crippen molar-refractivity contribution in [3.8, 4) is 0 Å². The monoisotopic (exact) mass is 286 g/mol. The van der Waals surface area contributed by atoms with Gasteiger partial charge in [0.15, 0.2) is 0 Å². The predicted octanol–water partition coefficient (Wildman–Crippen LogP) is 1.50. The number of carboxylic acid groups (broad SMARTS) is 1. The highest BCUT2D eigenvalue weighted by Crippen LogP contribution is 2.21. The highest BCUT2D eigenvalue weighted by Gasteiger charge is 2.39. The van der Waals surface area contributed by atoms with Crippen molar-refractivity contribution in [1.82, 2.24) is 9.80 Å². The lowest BCUT2D eigenvalue weighted by Crippen LogP contribution is -2.52. The van der Waals surface area contributed by atoms with Gasteiger partial charge in [-0.15, -0.1) is 0 Å². The molecule has 1 fully saturated rings. The summed E-state index contributed by atoms with van der Waals surface area (Å²) in [7, 11) is 1.66. The van der Waals surface area contributed by atoms with Crippen LogP contribution in [-0.4, -0.2) is 65.8 Å². The quantitative estimate of drug-likeness (QED) is 0.831.